The molecule has 2 N–H and O–H groups in total. The maximum atomic E-state index is 12.2. The molecular weight excluding hydrogens is 270 g/mol. The molecule has 0 aliphatic heterocycles. The summed E-state index contributed by atoms with van der Waals surface area (Å²) in [6.45, 7) is 5.25. The molecule has 1 aromatic rings. The van der Waals surface area contributed by atoms with Crippen molar-refractivity contribution >= 4 is 22.4 Å². The summed E-state index contributed by atoms with van der Waals surface area (Å²) in [5, 5.41) is 9.16. The Morgan fingerprint density at radius 3 is 2.90 bits per heavy atom. The van der Waals surface area contributed by atoms with Gasteiger partial charge in [0.05, 0.1) is 5.69 Å². The number of carbonyl (C=O) groups excluding carboxylic acids is 1. The minimum Gasteiger partial charge on any atom is -0.309 e. The maximum Gasteiger partial charge on any atom is 0.229 e. The van der Waals surface area contributed by atoms with E-state index in [4.69, 9.17) is 0 Å². The number of rotatable bonds is 6. The molecule has 1 aliphatic rings. The van der Waals surface area contributed by atoms with E-state index < -0.39 is 0 Å². The van der Waals surface area contributed by atoms with Gasteiger partial charge in [-0.1, -0.05) is 26.2 Å². The monoisotopic (exact) mass is 295 g/mol. The van der Waals surface area contributed by atoms with Crippen LogP contribution in [-0.4, -0.2) is 17.4 Å². The fraction of sp³-hybridized carbons (Fsp3) is 0.733. The van der Waals surface area contributed by atoms with E-state index in [2.05, 4.69) is 29.5 Å². The molecule has 1 heterocycles. The van der Waals surface area contributed by atoms with Crippen molar-refractivity contribution in [3.05, 3.63) is 11.1 Å². The van der Waals surface area contributed by atoms with Gasteiger partial charge in [-0.25, -0.2) is 4.98 Å². The highest BCUT2D eigenvalue weighted by molar-refractivity contribution is 7.13. The van der Waals surface area contributed by atoms with Crippen molar-refractivity contribution in [3.63, 3.8) is 0 Å². The first kappa shape index (κ1) is 15.4. The number of nitrogens with one attached hydrogen (secondary N) is 2. The zero-order valence-corrected chi connectivity index (χ0v) is 13.3. The Balaban J connectivity index is 1.86. The van der Waals surface area contributed by atoms with Crippen LogP contribution in [0.2, 0.25) is 0 Å². The lowest BCUT2D eigenvalue weighted by atomic mass is 9.89. The second-order valence-electron chi connectivity index (χ2n) is 5.58. The summed E-state index contributed by atoms with van der Waals surface area (Å²) in [5.74, 6) is 0.339. The first-order valence-electron chi connectivity index (χ1n) is 7.70. The van der Waals surface area contributed by atoms with Crippen molar-refractivity contribution in [1.29, 1.82) is 0 Å². The molecule has 4 nitrogen and oxygen atoms in total. The molecule has 0 spiro atoms. The number of carbonyl (C=O) groups is 1. The Morgan fingerprint density at radius 1 is 1.45 bits per heavy atom. The van der Waals surface area contributed by atoms with Crippen molar-refractivity contribution < 1.29 is 4.79 Å². The lowest BCUT2D eigenvalue weighted by Gasteiger charge is -2.19. The standard InChI is InChI=1S/C15H25N3OS/c1-3-9-16-11(2)13-10-20-15(17-13)18-14(19)12-7-5-4-6-8-12/h10-12,16H,3-9H2,1-2H3,(H,17,18,19). The van der Waals surface area contributed by atoms with E-state index in [0.29, 0.717) is 0 Å². The van der Waals surface area contributed by atoms with E-state index in [-0.39, 0.29) is 17.9 Å². The molecule has 2 rings (SSSR count). The number of hydrogen-bond donors (Lipinski definition) is 2. The maximum absolute atomic E-state index is 12.2. The minimum absolute atomic E-state index is 0.153. The number of anilines is 1. The summed E-state index contributed by atoms with van der Waals surface area (Å²) in [4.78, 5) is 16.7. The quantitative estimate of drug-likeness (QED) is 0.841. The van der Waals surface area contributed by atoms with E-state index in [1.54, 1.807) is 0 Å². The van der Waals surface area contributed by atoms with Gasteiger partial charge in [-0.15, -0.1) is 11.3 Å². The number of thiazole rings is 1. The van der Waals surface area contributed by atoms with Crippen molar-refractivity contribution in [1.82, 2.24) is 10.3 Å². The van der Waals surface area contributed by atoms with Gasteiger partial charge in [-0.3, -0.25) is 4.79 Å². The Bertz CT molecular complexity index is 427. The minimum atomic E-state index is 0.153. The van der Waals surface area contributed by atoms with Crippen molar-refractivity contribution in [2.24, 2.45) is 5.92 Å². The second-order valence-corrected chi connectivity index (χ2v) is 6.44. The summed E-state index contributed by atoms with van der Waals surface area (Å²) in [6.07, 6.45) is 6.79. The van der Waals surface area contributed by atoms with E-state index in [1.807, 2.05) is 5.38 Å². The summed E-state index contributed by atoms with van der Waals surface area (Å²) in [5.41, 5.74) is 1.02. The molecule has 0 bridgehead atoms. The van der Waals surface area contributed by atoms with Gasteiger partial charge >= 0.3 is 0 Å². The fourth-order valence-electron chi connectivity index (χ4n) is 2.58. The van der Waals surface area contributed by atoms with Crippen LogP contribution in [0.25, 0.3) is 0 Å². The molecule has 20 heavy (non-hydrogen) atoms. The van der Waals surface area contributed by atoms with Crippen molar-refractivity contribution in [2.45, 2.75) is 58.4 Å². The summed E-state index contributed by atoms with van der Waals surface area (Å²) in [7, 11) is 0. The lowest BCUT2D eigenvalue weighted by Crippen LogP contribution is -2.24. The number of nitrogens with zero attached hydrogens (tertiary/aromatic N) is 1. The predicted octanol–water partition coefficient (Wildman–Crippen LogP) is 3.72. The van der Waals surface area contributed by atoms with Crippen LogP contribution < -0.4 is 10.6 Å². The third kappa shape index (κ3) is 4.28. The highest BCUT2D eigenvalue weighted by Gasteiger charge is 2.22. The topological polar surface area (TPSA) is 54.0 Å². The summed E-state index contributed by atoms with van der Waals surface area (Å²) < 4.78 is 0. The van der Waals surface area contributed by atoms with Gasteiger partial charge in [0.2, 0.25) is 5.91 Å². The van der Waals surface area contributed by atoms with Crippen LogP contribution >= 0.6 is 11.3 Å². The molecule has 112 valence electrons. The van der Waals surface area contributed by atoms with Crippen molar-refractivity contribution in [2.75, 3.05) is 11.9 Å². The molecule has 0 saturated heterocycles. The summed E-state index contributed by atoms with van der Waals surface area (Å²) in [6, 6.07) is 0.242. The molecule has 1 fully saturated rings. The van der Waals surface area contributed by atoms with Crippen LogP contribution in [0.5, 0.6) is 0 Å². The van der Waals surface area contributed by atoms with Crippen LogP contribution in [0.3, 0.4) is 0 Å². The predicted molar refractivity (Wildman–Crippen MR) is 84.0 cm³/mol. The van der Waals surface area contributed by atoms with Gasteiger partial charge in [-0.05, 0) is 32.7 Å². The molecule has 0 radical (unpaired) electrons. The van der Waals surface area contributed by atoms with Gasteiger partial charge in [-0.2, -0.15) is 0 Å². The van der Waals surface area contributed by atoms with E-state index >= 15 is 0 Å². The zero-order valence-electron chi connectivity index (χ0n) is 12.4. The van der Waals surface area contributed by atoms with Crippen LogP contribution in [0.1, 0.15) is 64.1 Å². The molecular formula is C15H25N3OS. The third-order valence-corrected chi connectivity index (χ3v) is 4.65. The Hall–Kier alpha value is -0.940. The van der Waals surface area contributed by atoms with E-state index in [1.165, 1.54) is 30.6 Å². The fourth-order valence-corrected chi connectivity index (χ4v) is 3.39. The smallest absolute Gasteiger partial charge is 0.229 e. The normalized spacial score (nSPS) is 17.9. The third-order valence-electron chi connectivity index (χ3n) is 3.87. The van der Waals surface area contributed by atoms with E-state index in [0.717, 1.165) is 36.6 Å². The molecule has 1 aliphatic carbocycles. The lowest BCUT2D eigenvalue weighted by molar-refractivity contribution is -0.120. The Labute approximate surface area is 125 Å². The molecule has 5 heteroatoms. The first-order chi connectivity index (χ1) is 9.70. The van der Waals surface area contributed by atoms with Crippen LogP contribution in [-0.2, 0) is 4.79 Å². The van der Waals surface area contributed by atoms with Crippen LogP contribution in [0, 0.1) is 5.92 Å². The van der Waals surface area contributed by atoms with Gasteiger partial charge in [0.15, 0.2) is 5.13 Å². The van der Waals surface area contributed by atoms with Crippen LogP contribution in [0.4, 0.5) is 5.13 Å². The van der Waals surface area contributed by atoms with Gasteiger partial charge in [0.25, 0.3) is 0 Å². The van der Waals surface area contributed by atoms with Gasteiger partial charge in [0, 0.05) is 17.3 Å². The van der Waals surface area contributed by atoms with Crippen LogP contribution in [0.15, 0.2) is 5.38 Å². The highest BCUT2D eigenvalue weighted by atomic mass is 32.1. The SMILES string of the molecule is CCCNC(C)c1csc(NC(=O)C2CCCCC2)n1. The Morgan fingerprint density at radius 2 is 2.20 bits per heavy atom. The molecule has 1 aromatic heterocycles. The highest BCUT2D eigenvalue weighted by Crippen LogP contribution is 2.26. The number of aromatic nitrogens is 1. The first-order valence-corrected chi connectivity index (χ1v) is 8.58. The Kier molecular flexibility index (Phi) is 5.98. The zero-order chi connectivity index (χ0) is 14.4. The largest absolute Gasteiger partial charge is 0.309 e. The molecule has 0 aromatic carbocycles. The average molecular weight is 295 g/mol. The van der Waals surface area contributed by atoms with Crippen molar-refractivity contribution in [3.8, 4) is 0 Å². The van der Waals surface area contributed by atoms with E-state index in [9.17, 15) is 4.79 Å². The molecule has 1 amide bonds. The number of hydrogen-bond acceptors (Lipinski definition) is 4. The average Bonchev–Trinajstić information content (AvgIpc) is 2.94. The summed E-state index contributed by atoms with van der Waals surface area (Å²) >= 11 is 1.52. The number of amides is 1. The second kappa shape index (κ2) is 7.74. The molecule has 1 unspecified atom stereocenters. The van der Waals surface area contributed by atoms with Gasteiger partial charge < -0.3 is 10.6 Å². The van der Waals surface area contributed by atoms with Gasteiger partial charge in [0.1, 0.15) is 0 Å². The molecule has 1 atom stereocenters. The molecule has 1 saturated carbocycles.